The van der Waals surface area contributed by atoms with Crippen molar-refractivity contribution in [2.45, 2.75) is 50.6 Å². The number of nitriles is 2. The summed E-state index contributed by atoms with van der Waals surface area (Å²) in [6.07, 6.45) is 5.65. The maximum Gasteiger partial charge on any atom is 0.270 e. The average Bonchev–Trinajstić information content (AvgIpc) is 2.98. The Morgan fingerprint density at radius 2 is 1.67 bits per heavy atom. The third-order valence-corrected chi connectivity index (χ3v) is 8.40. The van der Waals surface area contributed by atoms with Gasteiger partial charge < -0.3 is 19.1 Å². The Bertz CT molecular complexity index is 1480. The predicted molar refractivity (Wildman–Crippen MR) is 148 cm³/mol. The lowest BCUT2D eigenvalue weighted by Gasteiger charge is -2.43. The van der Waals surface area contributed by atoms with Gasteiger partial charge >= 0.3 is 0 Å². The Balaban J connectivity index is 1.41. The fourth-order valence-corrected chi connectivity index (χ4v) is 6.14. The molecular formula is C30H33FN6O2. The quantitative estimate of drug-likeness (QED) is 0.465. The maximum atomic E-state index is 13.7. The van der Waals surface area contributed by atoms with Crippen molar-refractivity contribution in [1.82, 2.24) is 9.55 Å². The van der Waals surface area contributed by atoms with Gasteiger partial charge in [-0.15, -0.1) is 0 Å². The molecule has 3 aromatic rings. The Morgan fingerprint density at radius 3 is 2.31 bits per heavy atom. The second kappa shape index (κ2) is 11.4. The van der Waals surface area contributed by atoms with Gasteiger partial charge in [0.05, 0.1) is 11.2 Å². The second-order valence-electron chi connectivity index (χ2n) is 10.6. The molecule has 39 heavy (non-hydrogen) atoms. The molecule has 0 N–H and O–H groups in total. The number of anilines is 2. The largest absolute Gasteiger partial charge is 0.381 e. The van der Waals surface area contributed by atoms with E-state index in [1.54, 1.807) is 19.2 Å². The van der Waals surface area contributed by atoms with Crippen LogP contribution in [0, 0.1) is 34.4 Å². The third kappa shape index (κ3) is 5.32. The number of aryl methyl sites for hydroxylation is 1. The summed E-state index contributed by atoms with van der Waals surface area (Å²) in [6, 6.07) is 14.7. The van der Waals surface area contributed by atoms with Gasteiger partial charge in [-0.2, -0.15) is 10.5 Å². The molecule has 9 heteroatoms. The molecule has 0 unspecified atom stereocenters. The van der Waals surface area contributed by atoms with E-state index in [1.165, 1.54) is 16.7 Å². The van der Waals surface area contributed by atoms with Crippen LogP contribution in [-0.4, -0.2) is 48.4 Å². The van der Waals surface area contributed by atoms with Crippen LogP contribution in [0.1, 0.15) is 49.8 Å². The lowest BCUT2D eigenvalue weighted by molar-refractivity contribution is 0.0674. The zero-order valence-electron chi connectivity index (χ0n) is 22.4. The molecule has 1 saturated carbocycles. The number of aromatic nitrogens is 2. The summed E-state index contributed by atoms with van der Waals surface area (Å²) in [5, 5.41) is 19.4. The standard InChI is InChI=1S/C30H33FN6O2/c1-35(29-26(18-33)30(38)36(2)27-12-5-22(17-32)34-28(27)29)23-8-10-25(11-9-23)37(19-20-13-15-39-16-14-20)24-6-3-21(31)4-7-24/h3-7,12,20,23,25H,8-11,13-16,19H2,1-2H3. The fourth-order valence-electron chi connectivity index (χ4n) is 6.14. The van der Waals surface area contributed by atoms with Crippen LogP contribution < -0.4 is 15.4 Å². The van der Waals surface area contributed by atoms with Crippen LogP contribution in [-0.2, 0) is 11.8 Å². The first kappa shape index (κ1) is 26.6. The van der Waals surface area contributed by atoms with Crippen LogP contribution in [0.5, 0.6) is 0 Å². The second-order valence-corrected chi connectivity index (χ2v) is 10.6. The molecule has 0 spiro atoms. The van der Waals surface area contributed by atoms with E-state index >= 15 is 0 Å². The highest BCUT2D eigenvalue weighted by molar-refractivity contribution is 5.92. The van der Waals surface area contributed by atoms with E-state index < -0.39 is 0 Å². The summed E-state index contributed by atoms with van der Waals surface area (Å²) in [4.78, 5) is 22.0. The Labute approximate surface area is 227 Å². The molecule has 202 valence electrons. The number of nitrogens with zero attached hydrogens (tertiary/aromatic N) is 6. The highest BCUT2D eigenvalue weighted by Gasteiger charge is 2.32. The van der Waals surface area contributed by atoms with Gasteiger partial charge in [0.2, 0.25) is 0 Å². The topological polar surface area (TPSA) is 98.2 Å². The van der Waals surface area contributed by atoms with Gasteiger partial charge in [0.15, 0.2) is 0 Å². The van der Waals surface area contributed by atoms with Crippen molar-refractivity contribution in [3.8, 4) is 12.1 Å². The number of benzene rings is 1. The minimum atomic E-state index is -0.369. The van der Waals surface area contributed by atoms with Crippen molar-refractivity contribution in [2.24, 2.45) is 13.0 Å². The molecule has 1 aromatic carbocycles. The molecule has 0 bridgehead atoms. The Kier molecular flexibility index (Phi) is 7.81. The molecule has 2 fully saturated rings. The number of hydrogen-bond donors (Lipinski definition) is 0. The Morgan fingerprint density at radius 1 is 1.00 bits per heavy atom. The molecule has 1 saturated heterocycles. The zero-order chi connectivity index (χ0) is 27.5. The Hall–Kier alpha value is -3.95. The molecule has 0 radical (unpaired) electrons. The molecule has 3 heterocycles. The summed E-state index contributed by atoms with van der Waals surface area (Å²) in [5.74, 6) is 0.299. The molecule has 5 rings (SSSR count). The van der Waals surface area contributed by atoms with Crippen molar-refractivity contribution < 1.29 is 9.13 Å². The molecule has 1 aliphatic heterocycles. The number of ether oxygens (including phenoxy) is 1. The van der Waals surface area contributed by atoms with Crippen molar-refractivity contribution >= 4 is 22.4 Å². The minimum Gasteiger partial charge on any atom is -0.381 e. The van der Waals surface area contributed by atoms with E-state index in [0.29, 0.717) is 28.7 Å². The summed E-state index contributed by atoms with van der Waals surface area (Å²) in [5.41, 5.74) is 2.53. The van der Waals surface area contributed by atoms with Crippen LogP contribution in [0.15, 0.2) is 41.2 Å². The van der Waals surface area contributed by atoms with E-state index in [0.717, 1.165) is 64.0 Å². The van der Waals surface area contributed by atoms with Gasteiger partial charge in [-0.3, -0.25) is 4.79 Å². The van der Waals surface area contributed by atoms with Crippen molar-refractivity contribution in [3.63, 3.8) is 0 Å². The van der Waals surface area contributed by atoms with Crippen LogP contribution in [0.2, 0.25) is 0 Å². The molecule has 8 nitrogen and oxygen atoms in total. The maximum absolute atomic E-state index is 13.7. The highest BCUT2D eigenvalue weighted by Crippen LogP contribution is 2.35. The highest BCUT2D eigenvalue weighted by atomic mass is 19.1. The van der Waals surface area contributed by atoms with E-state index in [2.05, 4.69) is 22.0 Å². The normalized spacial score (nSPS) is 19.8. The van der Waals surface area contributed by atoms with Gasteiger partial charge in [0.1, 0.15) is 34.7 Å². The van der Waals surface area contributed by atoms with Gasteiger partial charge in [-0.25, -0.2) is 9.37 Å². The first-order valence-corrected chi connectivity index (χ1v) is 13.6. The molecule has 2 aliphatic rings. The molecular weight excluding hydrogens is 495 g/mol. The van der Waals surface area contributed by atoms with Crippen molar-refractivity contribution in [2.75, 3.05) is 36.6 Å². The predicted octanol–water partition coefficient (Wildman–Crippen LogP) is 4.50. The van der Waals surface area contributed by atoms with Gasteiger partial charge in [0, 0.05) is 51.6 Å². The number of halogens is 1. The first-order chi connectivity index (χ1) is 18.9. The number of fused-ring (bicyclic) bond motifs is 1. The molecule has 0 atom stereocenters. The molecule has 2 aromatic heterocycles. The molecule has 0 amide bonds. The van der Waals surface area contributed by atoms with E-state index in [9.17, 15) is 19.7 Å². The van der Waals surface area contributed by atoms with Crippen LogP contribution in [0.25, 0.3) is 11.0 Å². The summed E-state index contributed by atoms with van der Waals surface area (Å²) in [6.45, 7) is 2.48. The third-order valence-electron chi connectivity index (χ3n) is 8.40. The smallest absolute Gasteiger partial charge is 0.270 e. The van der Waals surface area contributed by atoms with Gasteiger partial charge in [-0.05, 0) is 80.8 Å². The minimum absolute atomic E-state index is 0.0460. The summed E-state index contributed by atoms with van der Waals surface area (Å²) >= 11 is 0. The summed E-state index contributed by atoms with van der Waals surface area (Å²) < 4.78 is 20.7. The fraction of sp³-hybridized carbons (Fsp3) is 0.467. The van der Waals surface area contributed by atoms with Crippen molar-refractivity contribution in [1.29, 1.82) is 10.5 Å². The van der Waals surface area contributed by atoms with Crippen LogP contribution >= 0.6 is 0 Å². The van der Waals surface area contributed by atoms with E-state index in [1.807, 2.05) is 24.1 Å². The summed E-state index contributed by atoms with van der Waals surface area (Å²) in [7, 11) is 3.54. The number of hydrogen-bond acceptors (Lipinski definition) is 7. The number of rotatable bonds is 6. The first-order valence-electron chi connectivity index (χ1n) is 13.6. The molecule has 1 aliphatic carbocycles. The number of pyridine rings is 2. The average molecular weight is 529 g/mol. The van der Waals surface area contributed by atoms with Crippen LogP contribution in [0.4, 0.5) is 15.8 Å². The zero-order valence-corrected chi connectivity index (χ0v) is 22.4. The van der Waals surface area contributed by atoms with Gasteiger partial charge in [-0.1, -0.05) is 0 Å². The monoisotopic (exact) mass is 528 g/mol. The van der Waals surface area contributed by atoms with Gasteiger partial charge in [0.25, 0.3) is 5.56 Å². The SMILES string of the molecule is CN(c1c(C#N)c(=O)n(C)c2ccc(C#N)nc12)C1CCC(N(CC2CCOCC2)c2ccc(F)cc2)CC1. The van der Waals surface area contributed by atoms with Crippen molar-refractivity contribution in [3.05, 3.63) is 63.8 Å². The lowest BCUT2D eigenvalue weighted by atomic mass is 9.87. The van der Waals surface area contributed by atoms with E-state index in [-0.39, 0.29) is 28.7 Å². The van der Waals surface area contributed by atoms with E-state index in [4.69, 9.17) is 4.74 Å². The van der Waals surface area contributed by atoms with Crippen LogP contribution in [0.3, 0.4) is 0 Å². The lowest BCUT2D eigenvalue weighted by Crippen LogP contribution is -2.46.